The van der Waals surface area contributed by atoms with Gasteiger partial charge in [0.15, 0.2) is 0 Å². The van der Waals surface area contributed by atoms with Crippen LogP contribution in [-0.4, -0.2) is 27.8 Å². The van der Waals surface area contributed by atoms with E-state index >= 15 is 0 Å². The summed E-state index contributed by atoms with van der Waals surface area (Å²) in [6, 6.07) is 0.542. The fourth-order valence-electron chi connectivity index (χ4n) is 2.59. The highest BCUT2D eigenvalue weighted by atomic mass is 16.5. The monoisotopic (exact) mass is 251 g/mol. The van der Waals surface area contributed by atoms with Gasteiger partial charge in [-0.2, -0.15) is 0 Å². The fraction of sp³-hybridized carbons (Fsp3) is 0.786. The number of aryl methyl sites for hydroxylation is 1. The van der Waals surface area contributed by atoms with Crippen molar-refractivity contribution in [1.82, 2.24) is 14.9 Å². The van der Waals surface area contributed by atoms with Crippen LogP contribution in [0.2, 0.25) is 0 Å². The maximum absolute atomic E-state index is 5.73. The van der Waals surface area contributed by atoms with Crippen LogP contribution in [0.25, 0.3) is 0 Å². The summed E-state index contributed by atoms with van der Waals surface area (Å²) >= 11 is 0. The van der Waals surface area contributed by atoms with Crippen LogP contribution in [0.4, 0.5) is 0 Å². The molecule has 4 heteroatoms. The number of ether oxygens (including phenoxy) is 1. The molecule has 0 aromatic carbocycles. The van der Waals surface area contributed by atoms with Gasteiger partial charge in [0.05, 0.1) is 12.1 Å². The van der Waals surface area contributed by atoms with Gasteiger partial charge in [-0.15, -0.1) is 0 Å². The van der Waals surface area contributed by atoms with Crippen LogP contribution < -0.4 is 5.32 Å². The lowest BCUT2D eigenvalue weighted by Crippen LogP contribution is -2.43. The van der Waals surface area contributed by atoms with E-state index in [1.54, 1.807) is 0 Å². The van der Waals surface area contributed by atoms with Gasteiger partial charge in [-0.3, -0.25) is 0 Å². The number of nitrogens with one attached hydrogen (secondary N) is 1. The van der Waals surface area contributed by atoms with E-state index in [0.717, 1.165) is 44.8 Å². The maximum Gasteiger partial charge on any atom is 0.122 e. The minimum absolute atomic E-state index is 0.00869. The lowest BCUT2D eigenvalue weighted by molar-refractivity contribution is -0.0631. The van der Waals surface area contributed by atoms with Gasteiger partial charge >= 0.3 is 0 Å². The number of hydrogen-bond donors (Lipinski definition) is 1. The molecule has 1 aromatic rings. The van der Waals surface area contributed by atoms with Crippen molar-refractivity contribution >= 4 is 0 Å². The van der Waals surface area contributed by atoms with Crippen molar-refractivity contribution in [3.63, 3.8) is 0 Å². The summed E-state index contributed by atoms with van der Waals surface area (Å²) in [5, 5.41) is 3.62. The zero-order valence-corrected chi connectivity index (χ0v) is 11.8. The summed E-state index contributed by atoms with van der Waals surface area (Å²) < 4.78 is 7.97. The van der Waals surface area contributed by atoms with Crippen LogP contribution in [0.5, 0.6) is 0 Å². The van der Waals surface area contributed by atoms with E-state index in [0.29, 0.717) is 6.04 Å². The molecular weight excluding hydrogens is 226 g/mol. The molecule has 1 saturated heterocycles. The van der Waals surface area contributed by atoms with Crippen LogP contribution in [0, 0.1) is 0 Å². The molecule has 0 saturated carbocycles. The van der Waals surface area contributed by atoms with Crippen molar-refractivity contribution < 1.29 is 4.74 Å². The Kier molecular flexibility index (Phi) is 4.40. The summed E-state index contributed by atoms with van der Waals surface area (Å²) in [5.74, 6) is 1.14. The molecule has 1 fully saturated rings. The predicted octanol–water partition coefficient (Wildman–Crippen LogP) is 2.34. The minimum atomic E-state index is 0.00869. The van der Waals surface area contributed by atoms with Gasteiger partial charge in [0, 0.05) is 31.6 Å². The van der Waals surface area contributed by atoms with E-state index in [1.165, 1.54) is 0 Å². The highest BCUT2D eigenvalue weighted by Crippen LogP contribution is 2.24. The molecule has 2 rings (SSSR count). The lowest BCUT2D eigenvalue weighted by Gasteiger charge is -2.35. The van der Waals surface area contributed by atoms with E-state index in [1.807, 2.05) is 6.20 Å². The van der Waals surface area contributed by atoms with Gasteiger partial charge in [-0.05, 0) is 33.1 Å². The number of hydrogen-bond acceptors (Lipinski definition) is 3. The molecule has 1 N–H and O–H groups in total. The highest BCUT2D eigenvalue weighted by Gasteiger charge is 2.28. The van der Waals surface area contributed by atoms with Crippen molar-refractivity contribution in [3.8, 4) is 0 Å². The normalized spacial score (nSPS) is 23.2. The average molecular weight is 251 g/mol. The highest BCUT2D eigenvalue weighted by molar-refractivity contribution is 4.93. The SMILES string of the molecule is CCCn1ccnc1CNC1CCOC(C)(C)C1. The van der Waals surface area contributed by atoms with Crippen molar-refractivity contribution in [1.29, 1.82) is 0 Å². The minimum Gasteiger partial charge on any atom is -0.375 e. The molecule has 0 bridgehead atoms. The van der Waals surface area contributed by atoms with E-state index in [2.05, 4.69) is 41.8 Å². The average Bonchev–Trinajstić information content (AvgIpc) is 2.73. The molecule has 1 aromatic heterocycles. The summed E-state index contributed by atoms with van der Waals surface area (Å²) in [4.78, 5) is 4.42. The number of nitrogens with zero attached hydrogens (tertiary/aromatic N) is 2. The molecule has 0 aliphatic carbocycles. The third-order valence-corrected chi connectivity index (χ3v) is 3.51. The first-order valence-corrected chi connectivity index (χ1v) is 6.98. The molecule has 0 spiro atoms. The van der Waals surface area contributed by atoms with Crippen molar-refractivity contribution in [3.05, 3.63) is 18.2 Å². The summed E-state index contributed by atoms with van der Waals surface area (Å²) in [7, 11) is 0. The number of imidazole rings is 1. The molecule has 0 amide bonds. The second-order valence-electron chi connectivity index (χ2n) is 5.72. The Bertz CT molecular complexity index is 373. The summed E-state index contributed by atoms with van der Waals surface area (Å²) in [5.41, 5.74) is 0.00869. The van der Waals surface area contributed by atoms with E-state index < -0.39 is 0 Å². The van der Waals surface area contributed by atoms with Crippen molar-refractivity contribution in [2.24, 2.45) is 0 Å². The third-order valence-electron chi connectivity index (χ3n) is 3.51. The topological polar surface area (TPSA) is 39.1 Å². The first kappa shape index (κ1) is 13.6. The van der Waals surface area contributed by atoms with Crippen LogP contribution in [-0.2, 0) is 17.8 Å². The zero-order chi connectivity index (χ0) is 13.0. The van der Waals surface area contributed by atoms with Gasteiger partial charge in [0.1, 0.15) is 5.82 Å². The Hall–Kier alpha value is -0.870. The number of aromatic nitrogens is 2. The molecule has 4 nitrogen and oxygen atoms in total. The molecule has 0 radical (unpaired) electrons. The van der Waals surface area contributed by atoms with Crippen LogP contribution in [0.3, 0.4) is 0 Å². The standard InChI is InChI=1S/C14H25N3O/c1-4-7-17-8-6-15-13(17)11-16-12-5-9-18-14(2,3)10-12/h6,8,12,16H,4-5,7,9-11H2,1-3H3. The first-order chi connectivity index (χ1) is 8.61. The molecular formula is C14H25N3O. The van der Waals surface area contributed by atoms with Crippen LogP contribution in [0.15, 0.2) is 12.4 Å². The van der Waals surface area contributed by atoms with Gasteiger partial charge in [0.2, 0.25) is 0 Å². The van der Waals surface area contributed by atoms with Crippen LogP contribution >= 0.6 is 0 Å². The number of rotatable bonds is 5. The molecule has 1 aliphatic rings. The Morgan fingerprint density at radius 1 is 1.56 bits per heavy atom. The Morgan fingerprint density at radius 3 is 3.11 bits per heavy atom. The molecule has 1 atom stereocenters. The molecule has 2 heterocycles. The quantitative estimate of drug-likeness (QED) is 0.873. The molecule has 1 unspecified atom stereocenters. The van der Waals surface area contributed by atoms with Crippen molar-refractivity contribution in [2.75, 3.05) is 6.61 Å². The maximum atomic E-state index is 5.73. The third kappa shape index (κ3) is 3.56. The second-order valence-corrected chi connectivity index (χ2v) is 5.72. The largest absolute Gasteiger partial charge is 0.375 e. The summed E-state index contributed by atoms with van der Waals surface area (Å²) in [6.45, 7) is 9.29. The van der Waals surface area contributed by atoms with Gasteiger partial charge in [-0.1, -0.05) is 6.92 Å². The van der Waals surface area contributed by atoms with Crippen molar-refractivity contribution in [2.45, 2.75) is 64.8 Å². The fourth-order valence-corrected chi connectivity index (χ4v) is 2.59. The van der Waals surface area contributed by atoms with E-state index in [4.69, 9.17) is 4.74 Å². The zero-order valence-electron chi connectivity index (χ0n) is 11.8. The van der Waals surface area contributed by atoms with Crippen LogP contribution in [0.1, 0.15) is 45.9 Å². The lowest BCUT2D eigenvalue weighted by atomic mass is 9.94. The van der Waals surface area contributed by atoms with E-state index in [9.17, 15) is 0 Å². The smallest absolute Gasteiger partial charge is 0.122 e. The predicted molar refractivity (Wildman–Crippen MR) is 72.4 cm³/mol. The van der Waals surface area contributed by atoms with Gasteiger partial charge in [-0.25, -0.2) is 4.98 Å². The molecule has 102 valence electrons. The van der Waals surface area contributed by atoms with E-state index in [-0.39, 0.29) is 5.60 Å². The van der Waals surface area contributed by atoms with Gasteiger partial charge < -0.3 is 14.6 Å². The Balaban J connectivity index is 1.85. The van der Waals surface area contributed by atoms with Gasteiger partial charge in [0.25, 0.3) is 0 Å². The Labute approximate surface area is 110 Å². The second kappa shape index (κ2) is 5.85. The first-order valence-electron chi connectivity index (χ1n) is 6.98. The Morgan fingerprint density at radius 2 is 2.39 bits per heavy atom. The summed E-state index contributed by atoms with van der Waals surface area (Å²) in [6.07, 6.45) is 7.27. The molecule has 18 heavy (non-hydrogen) atoms. The molecule has 1 aliphatic heterocycles.